The van der Waals surface area contributed by atoms with Gasteiger partial charge in [-0.15, -0.1) is 0 Å². The van der Waals surface area contributed by atoms with Crippen LogP contribution in [0.3, 0.4) is 0 Å². The molecular formula is C38H49NO10. The molecule has 0 spiro atoms. The number of aliphatic hydroxyl groups is 3. The molecule has 0 radical (unpaired) electrons. The number of ether oxygens (including phenoxy) is 4. The van der Waals surface area contributed by atoms with Gasteiger partial charge in [0, 0.05) is 17.7 Å². The first kappa shape index (κ1) is 36.4. The Bertz CT molecular complexity index is 1730. The van der Waals surface area contributed by atoms with Crippen LogP contribution in [-0.2, 0) is 17.7 Å². The normalized spacial score (nSPS) is 23.3. The van der Waals surface area contributed by atoms with Crippen LogP contribution in [0, 0.1) is 5.92 Å². The molecule has 5 rings (SSSR count). The topological polar surface area (TPSA) is 151 Å². The number of hydrogen-bond donors (Lipinski definition) is 4. The van der Waals surface area contributed by atoms with E-state index < -0.39 is 36.1 Å². The number of likely N-dealkylation sites (tertiary alicyclic amines) is 1. The Labute approximate surface area is 287 Å². The Hall–Kier alpha value is -3.87. The van der Waals surface area contributed by atoms with E-state index in [1.54, 1.807) is 24.3 Å². The highest BCUT2D eigenvalue weighted by Crippen LogP contribution is 2.44. The summed E-state index contributed by atoms with van der Waals surface area (Å²) in [5.41, 5.74) is 2.72. The molecule has 11 heteroatoms. The Morgan fingerprint density at radius 3 is 2.29 bits per heavy atom. The Kier molecular flexibility index (Phi) is 11.4. The minimum absolute atomic E-state index is 0.00527. The zero-order valence-corrected chi connectivity index (χ0v) is 29.2. The first-order valence-corrected chi connectivity index (χ1v) is 16.8. The number of aliphatic hydroxyl groups excluding tert-OH is 3. The second kappa shape index (κ2) is 15.3. The maximum absolute atomic E-state index is 14.7. The van der Waals surface area contributed by atoms with Crippen molar-refractivity contribution in [3.63, 3.8) is 0 Å². The molecule has 1 aromatic heterocycles. The SMILES string of the molecule is C=C(C)COc1c(CN2CCC(C)CC2)c(O)c2c(=O)c(O[C@@H]3O[C@@H](C)[C@H](O)[C@@H](O)[C@H]3O)c(-c3ccc(OC)cc3)oc2c1CC=C(C)C. The number of phenolic OH excluding ortho intramolecular Hbond substituents is 1. The molecule has 0 amide bonds. The predicted octanol–water partition coefficient (Wildman–Crippen LogP) is 5.08. The van der Waals surface area contributed by atoms with Crippen molar-refractivity contribution in [2.45, 2.75) is 91.1 Å². The third kappa shape index (κ3) is 7.81. The lowest BCUT2D eigenvalue weighted by molar-refractivity contribution is -0.268. The highest BCUT2D eigenvalue weighted by Gasteiger charge is 2.44. The van der Waals surface area contributed by atoms with E-state index in [0.29, 0.717) is 47.1 Å². The Morgan fingerprint density at radius 2 is 1.67 bits per heavy atom. The summed E-state index contributed by atoms with van der Waals surface area (Å²) in [7, 11) is 1.54. The fourth-order valence-electron chi connectivity index (χ4n) is 6.21. The van der Waals surface area contributed by atoms with Gasteiger partial charge in [-0.05, 0) is 95.8 Å². The average molecular weight is 680 g/mol. The summed E-state index contributed by atoms with van der Waals surface area (Å²) < 4.78 is 30.2. The van der Waals surface area contributed by atoms with E-state index in [2.05, 4.69) is 18.4 Å². The molecule has 2 aliphatic heterocycles. The number of aromatic hydroxyl groups is 1. The highest BCUT2D eigenvalue weighted by molar-refractivity contribution is 5.93. The largest absolute Gasteiger partial charge is 0.507 e. The molecule has 11 nitrogen and oxygen atoms in total. The molecule has 49 heavy (non-hydrogen) atoms. The lowest BCUT2D eigenvalue weighted by Crippen LogP contribution is -2.58. The lowest BCUT2D eigenvalue weighted by atomic mass is 9.95. The third-order valence-corrected chi connectivity index (χ3v) is 9.25. The molecule has 5 atom stereocenters. The van der Waals surface area contributed by atoms with E-state index in [1.807, 2.05) is 26.8 Å². The van der Waals surface area contributed by atoms with Crippen molar-refractivity contribution in [3.05, 3.63) is 69.4 Å². The molecule has 3 heterocycles. The Morgan fingerprint density at radius 1 is 1.00 bits per heavy atom. The maximum atomic E-state index is 14.7. The lowest BCUT2D eigenvalue weighted by Gasteiger charge is -2.38. The molecule has 266 valence electrons. The number of methoxy groups -OCH3 is 1. The van der Waals surface area contributed by atoms with Crippen LogP contribution >= 0.6 is 0 Å². The van der Waals surface area contributed by atoms with Gasteiger partial charge in [0.05, 0.1) is 18.8 Å². The van der Waals surface area contributed by atoms with Crippen LogP contribution in [0.1, 0.15) is 58.6 Å². The zero-order valence-electron chi connectivity index (χ0n) is 29.2. The van der Waals surface area contributed by atoms with Gasteiger partial charge in [-0.3, -0.25) is 9.69 Å². The molecule has 2 fully saturated rings. The van der Waals surface area contributed by atoms with Gasteiger partial charge in [0.15, 0.2) is 5.76 Å². The fourth-order valence-corrected chi connectivity index (χ4v) is 6.21. The minimum Gasteiger partial charge on any atom is -0.507 e. The molecule has 0 aliphatic carbocycles. The summed E-state index contributed by atoms with van der Waals surface area (Å²) in [6, 6.07) is 6.77. The number of nitrogens with zero attached hydrogens (tertiary/aromatic N) is 1. The van der Waals surface area contributed by atoms with Gasteiger partial charge in [0.2, 0.25) is 17.5 Å². The number of rotatable bonds is 11. The molecule has 2 saturated heterocycles. The van der Waals surface area contributed by atoms with Crippen LogP contribution in [0.2, 0.25) is 0 Å². The summed E-state index contributed by atoms with van der Waals surface area (Å²) in [4.78, 5) is 17.0. The zero-order chi connectivity index (χ0) is 35.6. The van der Waals surface area contributed by atoms with Crippen molar-refractivity contribution < 1.29 is 43.8 Å². The van der Waals surface area contributed by atoms with Gasteiger partial charge in [-0.25, -0.2) is 0 Å². The quantitative estimate of drug-likeness (QED) is 0.201. The van der Waals surface area contributed by atoms with Crippen LogP contribution in [0.15, 0.2) is 57.3 Å². The van der Waals surface area contributed by atoms with E-state index in [-0.39, 0.29) is 34.8 Å². The molecule has 0 saturated carbocycles. The van der Waals surface area contributed by atoms with Gasteiger partial charge >= 0.3 is 0 Å². The van der Waals surface area contributed by atoms with E-state index >= 15 is 0 Å². The van der Waals surface area contributed by atoms with Crippen molar-refractivity contribution in [1.29, 1.82) is 0 Å². The smallest absolute Gasteiger partial charge is 0.239 e. The van der Waals surface area contributed by atoms with Gasteiger partial charge in [-0.2, -0.15) is 0 Å². The summed E-state index contributed by atoms with van der Waals surface area (Å²) >= 11 is 0. The average Bonchev–Trinajstić information content (AvgIpc) is 3.07. The van der Waals surface area contributed by atoms with E-state index in [0.717, 1.165) is 37.1 Å². The van der Waals surface area contributed by atoms with Crippen molar-refractivity contribution in [2.24, 2.45) is 5.92 Å². The van der Waals surface area contributed by atoms with Gasteiger partial charge in [0.25, 0.3) is 0 Å². The molecule has 0 unspecified atom stereocenters. The van der Waals surface area contributed by atoms with Crippen LogP contribution in [0.25, 0.3) is 22.3 Å². The Balaban J connectivity index is 1.80. The van der Waals surface area contributed by atoms with Crippen molar-refractivity contribution >= 4 is 11.0 Å². The molecule has 3 aromatic rings. The molecular weight excluding hydrogens is 630 g/mol. The number of fused-ring (bicyclic) bond motifs is 1. The third-order valence-electron chi connectivity index (χ3n) is 9.25. The fraction of sp³-hybridized carbons (Fsp3) is 0.500. The maximum Gasteiger partial charge on any atom is 0.239 e. The van der Waals surface area contributed by atoms with Crippen LogP contribution < -0.4 is 19.6 Å². The summed E-state index contributed by atoms with van der Waals surface area (Å²) in [5.74, 6) is 0.968. The van der Waals surface area contributed by atoms with E-state index in [9.17, 15) is 25.2 Å². The molecule has 4 N–H and O–H groups in total. The van der Waals surface area contributed by atoms with Gasteiger partial charge < -0.3 is 43.8 Å². The number of hydrogen-bond acceptors (Lipinski definition) is 11. The molecule has 2 aromatic carbocycles. The van der Waals surface area contributed by atoms with Crippen LogP contribution in [0.4, 0.5) is 0 Å². The predicted molar refractivity (Wildman–Crippen MR) is 186 cm³/mol. The van der Waals surface area contributed by atoms with Gasteiger partial charge in [-0.1, -0.05) is 25.2 Å². The summed E-state index contributed by atoms with van der Waals surface area (Å²) in [6.45, 7) is 15.7. The second-order valence-corrected chi connectivity index (χ2v) is 13.6. The second-order valence-electron chi connectivity index (χ2n) is 13.6. The van der Waals surface area contributed by atoms with Crippen molar-refractivity contribution in [3.8, 4) is 34.3 Å². The number of benzene rings is 2. The van der Waals surface area contributed by atoms with Crippen LogP contribution in [-0.4, -0.2) is 82.8 Å². The summed E-state index contributed by atoms with van der Waals surface area (Å²) in [5, 5.41) is 43.6. The summed E-state index contributed by atoms with van der Waals surface area (Å²) in [6.07, 6.45) is -2.76. The van der Waals surface area contributed by atoms with Crippen molar-refractivity contribution in [1.82, 2.24) is 4.90 Å². The standard InChI is InChI=1S/C38H49NO10/c1-20(2)8-13-26-35(46-19-21(3)4)27(18-39-16-14-22(5)15-17-39)30(41)28-31(42)37(49-38-33(44)32(43)29(40)23(6)47-38)34(48-36(26)28)24-9-11-25(45-7)12-10-24/h8-12,22-23,29,32-33,38,40-41,43-44H,3,13-19H2,1-2,4-7H3/t23-,29-,32+,33+,38-/m0/s1. The monoisotopic (exact) mass is 679 g/mol. The van der Waals surface area contributed by atoms with E-state index in [4.69, 9.17) is 23.4 Å². The van der Waals surface area contributed by atoms with Crippen molar-refractivity contribution in [2.75, 3.05) is 26.8 Å². The highest BCUT2D eigenvalue weighted by atomic mass is 16.7. The van der Waals surface area contributed by atoms with Crippen LogP contribution in [0.5, 0.6) is 23.0 Å². The first-order chi connectivity index (χ1) is 23.3. The van der Waals surface area contributed by atoms with Gasteiger partial charge in [0.1, 0.15) is 53.1 Å². The van der Waals surface area contributed by atoms with E-state index in [1.165, 1.54) is 14.0 Å². The minimum atomic E-state index is -1.69. The molecule has 0 bridgehead atoms. The first-order valence-electron chi connectivity index (χ1n) is 16.8. The number of piperidine rings is 1. The number of allylic oxidation sites excluding steroid dienone is 2. The molecule has 2 aliphatic rings. The number of phenols is 1.